The van der Waals surface area contributed by atoms with Gasteiger partial charge in [-0.25, -0.2) is 9.59 Å². The van der Waals surface area contributed by atoms with Crippen LogP contribution in [-0.4, -0.2) is 28.3 Å². The molecule has 0 aliphatic heterocycles. The van der Waals surface area contributed by atoms with E-state index < -0.39 is 58.9 Å². The Morgan fingerprint density at radius 3 is 1.89 bits per heavy atom. The van der Waals surface area contributed by atoms with Crippen molar-refractivity contribution >= 4 is 17.6 Å². The first kappa shape index (κ1) is 35.6. The molecule has 0 unspecified atom stereocenters. The maximum atomic E-state index is 13.8. The Morgan fingerprint density at radius 1 is 0.841 bits per heavy atom. The maximum Gasteiger partial charge on any atom is 0.490 e. The standard InChI is InChI=1S/C27H25F6N3O.C2HF3O2/c1-16(2)18-7-5-8-20(15-18)25(3,4)36-24(37)35-22(17-10-12-19(13-11-17)26(28,29)30)23-21(27(31,32)33)9-6-14-34-23;3-2(4,5)1(6)7/h5-15,22H,1H2,2-4H3,(H2,35,36,37);(H,6,7)/t22-;/m0./s1. The summed E-state index contributed by atoms with van der Waals surface area (Å²) in [5.74, 6) is -2.76. The number of nitrogens with zero attached hydrogens (tertiary/aromatic N) is 1. The van der Waals surface area contributed by atoms with Crippen molar-refractivity contribution in [2.24, 2.45) is 0 Å². The van der Waals surface area contributed by atoms with E-state index in [4.69, 9.17) is 9.90 Å². The van der Waals surface area contributed by atoms with Gasteiger partial charge in [-0.3, -0.25) is 4.98 Å². The number of alkyl halides is 9. The number of urea groups is 1. The van der Waals surface area contributed by atoms with Crippen LogP contribution in [0.1, 0.15) is 60.3 Å². The molecule has 0 radical (unpaired) electrons. The van der Waals surface area contributed by atoms with Crippen molar-refractivity contribution in [1.29, 1.82) is 0 Å². The summed E-state index contributed by atoms with van der Waals surface area (Å²) in [5.41, 5.74) is -1.25. The largest absolute Gasteiger partial charge is 0.490 e. The van der Waals surface area contributed by atoms with Crippen LogP contribution in [0.25, 0.3) is 5.57 Å². The average molecular weight is 636 g/mol. The van der Waals surface area contributed by atoms with E-state index >= 15 is 0 Å². The van der Waals surface area contributed by atoms with E-state index in [-0.39, 0.29) is 5.56 Å². The molecular formula is C29H26F9N3O3. The number of carboxylic acid groups (broad SMARTS) is 1. The Hall–Kier alpha value is -4.56. The Labute approximate surface area is 245 Å². The maximum absolute atomic E-state index is 13.8. The molecule has 238 valence electrons. The van der Waals surface area contributed by atoms with Crippen molar-refractivity contribution in [3.8, 4) is 0 Å². The van der Waals surface area contributed by atoms with Crippen LogP contribution in [-0.2, 0) is 22.7 Å². The third kappa shape index (κ3) is 9.74. The van der Waals surface area contributed by atoms with Crippen LogP contribution in [0.5, 0.6) is 0 Å². The lowest BCUT2D eigenvalue weighted by molar-refractivity contribution is -0.192. The first-order valence-electron chi connectivity index (χ1n) is 12.4. The molecular weight excluding hydrogens is 609 g/mol. The molecule has 3 aromatic rings. The number of halogens is 9. The number of rotatable bonds is 6. The van der Waals surface area contributed by atoms with Gasteiger partial charge in [-0.1, -0.05) is 42.5 Å². The van der Waals surface area contributed by atoms with Crippen molar-refractivity contribution in [2.75, 3.05) is 0 Å². The summed E-state index contributed by atoms with van der Waals surface area (Å²) in [5, 5.41) is 12.3. The highest BCUT2D eigenvalue weighted by molar-refractivity contribution is 5.76. The molecule has 15 heteroatoms. The lowest BCUT2D eigenvalue weighted by Gasteiger charge is -2.30. The predicted molar refractivity (Wildman–Crippen MR) is 142 cm³/mol. The highest BCUT2D eigenvalue weighted by atomic mass is 19.4. The number of aromatic nitrogens is 1. The zero-order valence-electron chi connectivity index (χ0n) is 23.2. The SMILES string of the molecule is C=C(C)c1cccc(C(C)(C)NC(=O)N[C@@H](c2ccc(C(F)(F)F)cc2)c2ncccc2C(F)(F)F)c1.O=C(O)C(F)(F)F. The number of allylic oxidation sites excluding steroid dienone is 1. The topological polar surface area (TPSA) is 91.3 Å². The second-order valence-electron chi connectivity index (χ2n) is 9.87. The van der Waals surface area contributed by atoms with E-state index in [0.717, 1.165) is 53.7 Å². The second kappa shape index (κ2) is 13.4. The van der Waals surface area contributed by atoms with Gasteiger partial charge in [0.1, 0.15) is 0 Å². The number of carboxylic acids is 1. The normalized spacial score (nSPS) is 12.8. The van der Waals surface area contributed by atoms with Crippen molar-refractivity contribution in [1.82, 2.24) is 15.6 Å². The molecule has 1 aromatic heterocycles. The van der Waals surface area contributed by atoms with Crippen LogP contribution in [0.15, 0.2) is 73.4 Å². The molecule has 1 heterocycles. The summed E-state index contributed by atoms with van der Waals surface area (Å²) in [6.07, 6.45) is -13.4. The highest BCUT2D eigenvalue weighted by Gasteiger charge is 2.39. The summed E-state index contributed by atoms with van der Waals surface area (Å²) in [6, 6.07) is 10.3. The van der Waals surface area contributed by atoms with Gasteiger partial charge >= 0.3 is 30.5 Å². The lowest BCUT2D eigenvalue weighted by Crippen LogP contribution is -2.48. The van der Waals surface area contributed by atoms with Gasteiger partial charge in [0.25, 0.3) is 0 Å². The number of carbonyl (C=O) groups excluding carboxylic acids is 1. The van der Waals surface area contributed by atoms with E-state index in [1.54, 1.807) is 26.0 Å². The monoisotopic (exact) mass is 635 g/mol. The van der Waals surface area contributed by atoms with Gasteiger partial charge in [-0.15, -0.1) is 0 Å². The smallest absolute Gasteiger partial charge is 0.475 e. The Balaban J connectivity index is 0.000000860. The molecule has 2 amide bonds. The minimum atomic E-state index is -5.08. The molecule has 0 aliphatic rings. The molecule has 0 bridgehead atoms. The van der Waals surface area contributed by atoms with Crippen LogP contribution in [0.2, 0.25) is 0 Å². The number of nitrogens with one attached hydrogen (secondary N) is 2. The van der Waals surface area contributed by atoms with Crippen LogP contribution in [0, 0.1) is 0 Å². The number of hydrogen-bond acceptors (Lipinski definition) is 3. The van der Waals surface area contributed by atoms with Crippen LogP contribution < -0.4 is 10.6 Å². The quantitative estimate of drug-likeness (QED) is 0.239. The van der Waals surface area contributed by atoms with Gasteiger partial charge in [0.15, 0.2) is 0 Å². The molecule has 2 aromatic carbocycles. The van der Waals surface area contributed by atoms with E-state index in [1.165, 1.54) is 0 Å². The zero-order valence-corrected chi connectivity index (χ0v) is 23.2. The Bertz CT molecular complexity index is 1480. The van der Waals surface area contributed by atoms with Gasteiger partial charge in [0.2, 0.25) is 0 Å². The molecule has 0 saturated heterocycles. The fraction of sp³-hybridized carbons (Fsp3) is 0.276. The third-order valence-electron chi connectivity index (χ3n) is 6.01. The molecule has 3 N–H and O–H groups in total. The summed E-state index contributed by atoms with van der Waals surface area (Å²) >= 11 is 0. The summed E-state index contributed by atoms with van der Waals surface area (Å²) in [6.45, 7) is 9.14. The molecule has 3 rings (SSSR count). The predicted octanol–water partition coefficient (Wildman–Crippen LogP) is 8.11. The second-order valence-corrected chi connectivity index (χ2v) is 9.87. The molecule has 0 saturated carbocycles. The van der Waals surface area contributed by atoms with Gasteiger partial charge in [0.05, 0.1) is 28.4 Å². The molecule has 0 aliphatic carbocycles. The first-order chi connectivity index (χ1) is 20.0. The fourth-order valence-electron chi connectivity index (χ4n) is 3.76. The van der Waals surface area contributed by atoms with Gasteiger partial charge in [-0.2, -0.15) is 39.5 Å². The van der Waals surface area contributed by atoms with Gasteiger partial charge < -0.3 is 15.7 Å². The summed E-state index contributed by atoms with van der Waals surface area (Å²) < 4.78 is 112. The van der Waals surface area contributed by atoms with E-state index in [1.807, 2.05) is 19.1 Å². The van der Waals surface area contributed by atoms with E-state index in [2.05, 4.69) is 22.2 Å². The van der Waals surface area contributed by atoms with Gasteiger partial charge in [-0.05, 0) is 67.8 Å². The number of amides is 2. The molecule has 6 nitrogen and oxygen atoms in total. The highest BCUT2D eigenvalue weighted by Crippen LogP contribution is 2.36. The van der Waals surface area contributed by atoms with Crippen LogP contribution in [0.4, 0.5) is 44.3 Å². The number of pyridine rings is 1. The molecule has 1 atom stereocenters. The summed E-state index contributed by atoms with van der Waals surface area (Å²) in [7, 11) is 0. The van der Waals surface area contributed by atoms with Crippen LogP contribution in [0.3, 0.4) is 0 Å². The van der Waals surface area contributed by atoms with Crippen molar-refractivity contribution in [2.45, 2.75) is 50.9 Å². The third-order valence-corrected chi connectivity index (χ3v) is 6.01. The van der Waals surface area contributed by atoms with Crippen molar-refractivity contribution < 1.29 is 54.2 Å². The number of carbonyl (C=O) groups is 2. The zero-order chi connectivity index (χ0) is 33.7. The van der Waals surface area contributed by atoms with Gasteiger partial charge in [0, 0.05) is 6.20 Å². The minimum Gasteiger partial charge on any atom is -0.475 e. The minimum absolute atomic E-state index is 0.00515. The van der Waals surface area contributed by atoms with Crippen molar-refractivity contribution in [3.63, 3.8) is 0 Å². The fourth-order valence-corrected chi connectivity index (χ4v) is 3.76. The molecule has 44 heavy (non-hydrogen) atoms. The molecule has 0 spiro atoms. The first-order valence-corrected chi connectivity index (χ1v) is 12.4. The number of benzene rings is 2. The lowest BCUT2D eigenvalue weighted by atomic mass is 9.91. The van der Waals surface area contributed by atoms with Crippen molar-refractivity contribution in [3.05, 3.63) is 107 Å². The number of aliphatic carboxylic acids is 1. The number of hydrogen-bond donors (Lipinski definition) is 3. The molecule has 0 fully saturated rings. The Morgan fingerprint density at radius 2 is 1.41 bits per heavy atom. The van der Waals surface area contributed by atoms with E-state index in [0.29, 0.717) is 5.56 Å². The Kier molecular flexibility index (Phi) is 10.8. The summed E-state index contributed by atoms with van der Waals surface area (Å²) in [4.78, 5) is 25.8. The average Bonchev–Trinajstić information content (AvgIpc) is 2.90. The van der Waals surface area contributed by atoms with E-state index in [9.17, 15) is 44.3 Å². The van der Waals surface area contributed by atoms with Crippen LogP contribution >= 0.6 is 0 Å².